The van der Waals surface area contributed by atoms with E-state index in [-0.39, 0.29) is 11.0 Å². The van der Waals surface area contributed by atoms with E-state index in [1.807, 2.05) is 22.6 Å². The van der Waals surface area contributed by atoms with Crippen molar-refractivity contribution in [2.75, 3.05) is 5.73 Å². The van der Waals surface area contributed by atoms with Crippen LogP contribution in [-0.4, -0.2) is 9.97 Å². The fourth-order valence-electron chi connectivity index (χ4n) is 0.388. The van der Waals surface area contributed by atoms with Crippen LogP contribution in [0.25, 0.3) is 0 Å². The Hall–Kier alpha value is 0.380. The molecule has 0 atom stereocenters. The monoisotopic (exact) mass is 333 g/mol. The summed E-state index contributed by atoms with van der Waals surface area (Å²) in [4.78, 5) is 7.76. The van der Waals surface area contributed by atoms with Gasteiger partial charge in [-0.25, -0.2) is 9.97 Å². The molecule has 1 aromatic heterocycles. The molecule has 0 saturated carbocycles. The fourth-order valence-corrected chi connectivity index (χ4v) is 1.30. The number of nitrogens with two attached hydrogens (primary N) is 1. The van der Waals surface area contributed by atoms with Crippen LogP contribution in [0.15, 0.2) is 4.60 Å². The summed E-state index contributed by atoms with van der Waals surface area (Å²) in [5.74, 6) is 0.244. The van der Waals surface area contributed by atoms with Gasteiger partial charge in [-0.3, -0.25) is 0 Å². The SMILES string of the molecule is Nc1nc(Br)c(I)nc1Cl. The lowest BCUT2D eigenvalue weighted by Gasteiger charge is -1.97. The Morgan fingerprint density at radius 3 is 2.60 bits per heavy atom. The van der Waals surface area contributed by atoms with Gasteiger partial charge in [-0.05, 0) is 38.5 Å². The van der Waals surface area contributed by atoms with Crippen molar-refractivity contribution in [1.82, 2.24) is 9.97 Å². The van der Waals surface area contributed by atoms with Gasteiger partial charge in [0, 0.05) is 0 Å². The summed E-state index contributed by atoms with van der Waals surface area (Å²) in [6.45, 7) is 0. The fraction of sp³-hybridized carbons (Fsp3) is 0. The molecule has 54 valence electrons. The molecule has 0 aliphatic carbocycles. The first kappa shape index (κ1) is 8.48. The summed E-state index contributed by atoms with van der Waals surface area (Å²) in [6, 6.07) is 0. The smallest absolute Gasteiger partial charge is 0.172 e. The summed E-state index contributed by atoms with van der Waals surface area (Å²) >= 11 is 10.7. The van der Waals surface area contributed by atoms with E-state index in [0.717, 1.165) is 0 Å². The zero-order valence-corrected chi connectivity index (χ0v) is 9.11. The molecule has 10 heavy (non-hydrogen) atoms. The van der Waals surface area contributed by atoms with Crippen LogP contribution in [0, 0.1) is 3.70 Å². The van der Waals surface area contributed by atoms with Crippen molar-refractivity contribution in [1.29, 1.82) is 0 Å². The van der Waals surface area contributed by atoms with Crippen LogP contribution in [-0.2, 0) is 0 Å². The summed E-state index contributed by atoms with van der Waals surface area (Å²) in [7, 11) is 0. The maximum absolute atomic E-state index is 5.56. The third-order valence-corrected chi connectivity index (χ3v) is 3.12. The first-order chi connectivity index (χ1) is 4.61. The molecule has 0 aromatic carbocycles. The van der Waals surface area contributed by atoms with Crippen molar-refractivity contribution in [3.05, 3.63) is 13.5 Å². The van der Waals surface area contributed by atoms with Crippen molar-refractivity contribution in [2.24, 2.45) is 0 Å². The predicted molar refractivity (Wildman–Crippen MR) is 51.9 cm³/mol. The minimum atomic E-state index is 0.243. The molecular formula is C4H2BrClIN3. The van der Waals surface area contributed by atoms with Gasteiger partial charge in [-0.2, -0.15) is 0 Å². The van der Waals surface area contributed by atoms with Gasteiger partial charge in [-0.15, -0.1) is 0 Å². The Labute approximate surface area is 84.6 Å². The quantitative estimate of drug-likeness (QED) is 0.739. The minimum Gasteiger partial charge on any atom is -0.381 e. The number of rotatable bonds is 0. The van der Waals surface area contributed by atoms with E-state index < -0.39 is 0 Å². The lowest BCUT2D eigenvalue weighted by Crippen LogP contribution is -1.96. The van der Waals surface area contributed by atoms with Gasteiger partial charge in [0.05, 0.1) is 0 Å². The molecule has 6 heteroatoms. The number of aromatic nitrogens is 2. The number of anilines is 1. The van der Waals surface area contributed by atoms with Gasteiger partial charge in [-0.1, -0.05) is 11.6 Å². The topological polar surface area (TPSA) is 51.8 Å². The first-order valence-corrected chi connectivity index (χ1v) is 4.50. The second kappa shape index (κ2) is 3.19. The second-order valence-corrected chi connectivity index (χ2v) is 3.61. The van der Waals surface area contributed by atoms with Crippen LogP contribution in [0.4, 0.5) is 5.82 Å². The van der Waals surface area contributed by atoms with Gasteiger partial charge in [0.15, 0.2) is 11.0 Å². The molecule has 0 radical (unpaired) electrons. The van der Waals surface area contributed by atoms with Gasteiger partial charge in [0.25, 0.3) is 0 Å². The first-order valence-electron chi connectivity index (χ1n) is 2.25. The van der Waals surface area contributed by atoms with E-state index in [1.165, 1.54) is 0 Å². The number of nitrogens with zero attached hydrogens (tertiary/aromatic N) is 2. The Morgan fingerprint density at radius 1 is 1.50 bits per heavy atom. The molecule has 0 amide bonds. The molecular weight excluding hydrogens is 332 g/mol. The highest BCUT2D eigenvalue weighted by Crippen LogP contribution is 2.20. The van der Waals surface area contributed by atoms with E-state index >= 15 is 0 Å². The average Bonchev–Trinajstić information content (AvgIpc) is 1.84. The van der Waals surface area contributed by atoms with Crippen molar-refractivity contribution in [3.63, 3.8) is 0 Å². The van der Waals surface area contributed by atoms with Crippen LogP contribution in [0.1, 0.15) is 0 Å². The molecule has 0 saturated heterocycles. The highest BCUT2D eigenvalue weighted by atomic mass is 127. The van der Waals surface area contributed by atoms with Crippen LogP contribution in [0.3, 0.4) is 0 Å². The number of nitrogen functional groups attached to an aromatic ring is 1. The standard InChI is InChI=1S/C4H2BrClIN3/c5-1-3(7)10-2(6)4(8)9-1/h(H2,8,9). The Balaban J connectivity index is 3.28. The highest BCUT2D eigenvalue weighted by molar-refractivity contribution is 14.1. The molecule has 0 fully saturated rings. The zero-order chi connectivity index (χ0) is 7.72. The van der Waals surface area contributed by atoms with E-state index in [9.17, 15) is 0 Å². The molecule has 0 unspecified atom stereocenters. The van der Waals surface area contributed by atoms with Crippen molar-refractivity contribution in [2.45, 2.75) is 0 Å². The Bertz CT molecular complexity index is 217. The summed E-state index contributed by atoms with van der Waals surface area (Å²) in [5.41, 5.74) is 5.35. The van der Waals surface area contributed by atoms with Gasteiger partial charge in [0.1, 0.15) is 8.30 Å². The molecule has 1 rings (SSSR count). The molecule has 0 bridgehead atoms. The van der Waals surface area contributed by atoms with Crippen molar-refractivity contribution in [3.8, 4) is 0 Å². The van der Waals surface area contributed by atoms with Crippen LogP contribution >= 0.6 is 50.1 Å². The third-order valence-electron chi connectivity index (χ3n) is 0.797. The maximum atomic E-state index is 5.56. The normalized spacial score (nSPS) is 9.90. The van der Waals surface area contributed by atoms with Crippen LogP contribution in [0.2, 0.25) is 5.15 Å². The molecule has 0 aliphatic heterocycles. The minimum absolute atomic E-state index is 0.243. The second-order valence-electron chi connectivity index (χ2n) is 1.48. The van der Waals surface area contributed by atoms with Crippen molar-refractivity contribution < 1.29 is 0 Å². The Kier molecular flexibility index (Phi) is 2.70. The highest BCUT2D eigenvalue weighted by Gasteiger charge is 2.03. The predicted octanol–water partition coefficient (Wildman–Crippen LogP) is 2.08. The molecule has 0 aliphatic rings. The maximum Gasteiger partial charge on any atom is 0.172 e. The number of hydrogen-bond acceptors (Lipinski definition) is 3. The molecule has 2 N–H and O–H groups in total. The lowest BCUT2D eigenvalue weighted by molar-refractivity contribution is 1.13. The van der Waals surface area contributed by atoms with E-state index in [0.29, 0.717) is 8.30 Å². The molecule has 0 spiro atoms. The molecule has 1 heterocycles. The van der Waals surface area contributed by atoms with Crippen LogP contribution in [0.5, 0.6) is 0 Å². The summed E-state index contributed by atoms with van der Waals surface area (Å²) in [6.07, 6.45) is 0. The Morgan fingerprint density at radius 2 is 2.10 bits per heavy atom. The van der Waals surface area contributed by atoms with Gasteiger partial charge >= 0.3 is 0 Å². The number of hydrogen-bond donors (Lipinski definition) is 1. The zero-order valence-electron chi connectivity index (χ0n) is 4.61. The number of halogens is 3. The van der Waals surface area contributed by atoms with Crippen LogP contribution < -0.4 is 5.73 Å². The summed E-state index contributed by atoms with van der Waals surface area (Å²) in [5, 5.41) is 0.243. The van der Waals surface area contributed by atoms with Gasteiger partial charge in [0.2, 0.25) is 0 Å². The lowest BCUT2D eigenvalue weighted by atomic mass is 10.7. The van der Waals surface area contributed by atoms with E-state index in [2.05, 4.69) is 25.9 Å². The molecule has 3 nitrogen and oxygen atoms in total. The van der Waals surface area contributed by atoms with Gasteiger partial charge < -0.3 is 5.73 Å². The van der Waals surface area contributed by atoms with E-state index in [4.69, 9.17) is 17.3 Å². The third kappa shape index (κ3) is 1.70. The summed E-state index contributed by atoms with van der Waals surface area (Å²) < 4.78 is 1.33. The largest absolute Gasteiger partial charge is 0.381 e. The van der Waals surface area contributed by atoms with E-state index in [1.54, 1.807) is 0 Å². The molecule has 1 aromatic rings. The van der Waals surface area contributed by atoms with Crippen molar-refractivity contribution >= 4 is 55.9 Å². The average molecular weight is 334 g/mol.